The maximum absolute atomic E-state index is 10.9. The van der Waals surface area contributed by atoms with Gasteiger partial charge in [-0.2, -0.15) is 0 Å². The number of benzene rings is 1. The van der Waals surface area contributed by atoms with Crippen LogP contribution in [0.1, 0.15) is 51.0 Å². The molecule has 1 nitrogen and oxygen atoms in total. The molecule has 2 heteroatoms. The molecule has 0 amide bonds. The first kappa shape index (κ1) is 13.4. The highest BCUT2D eigenvalue weighted by atomic mass is 31.1. The summed E-state index contributed by atoms with van der Waals surface area (Å²) in [6.07, 6.45) is 8.94. The molecule has 88 valence electrons. The first-order valence-corrected chi connectivity index (χ1v) is 7.11. The highest BCUT2D eigenvalue weighted by molar-refractivity contribution is 7.34. The molecule has 0 aliphatic carbocycles. The van der Waals surface area contributed by atoms with Crippen molar-refractivity contribution in [1.29, 1.82) is 0 Å². The van der Waals surface area contributed by atoms with Crippen LogP contribution in [0.5, 0.6) is 0 Å². The predicted octanol–water partition coefficient (Wildman–Crippen LogP) is 4.51. The van der Waals surface area contributed by atoms with E-state index in [9.17, 15) is 4.57 Å². The van der Waals surface area contributed by atoms with Gasteiger partial charge in [0, 0.05) is 5.30 Å². The molecule has 1 aromatic carbocycles. The molecule has 0 unspecified atom stereocenters. The summed E-state index contributed by atoms with van der Waals surface area (Å²) in [6.45, 7) is 2.24. The maximum atomic E-state index is 10.9. The lowest BCUT2D eigenvalue weighted by atomic mass is 10.1. The Labute approximate surface area is 100 Å². The second kappa shape index (κ2) is 8.47. The highest BCUT2D eigenvalue weighted by Gasteiger charge is 2.00. The van der Waals surface area contributed by atoms with Crippen molar-refractivity contribution in [3.63, 3.8) is 0 Å². The molecule has 1 aromatic rings. The molecule has 0 heterocycles. The Morgan fingerprint density at radius 1 is 1.00 bits per heavy atom. The Kier molecular flexibility index (Phi) is 7.09. The minimum absolute atomic E-state index is 0.154. The third-order valence-electron chi connectivity index (χ3n) is 2.89. The summed E-state index contributed by atoms with van der Waals surface area (Å²) >= 11 is 0. The summed E-state index contributed by atoms with van der Waals surface area (Å²) in [5, 5.41) is 0.955. The van der Waals surface area contributed by atoms with Crippen LogP contribution in [0, 0.1) is 0 Å². The van der Waals surface area contributed by atoms with Crippen LogP contribution in [0.15, 0.2) is 24.3 Å². The minimum Gasteiger partial charge on any atom is -0.269 e. The van der Waals surface area contributed by atoms with E-state index in [1.807, 2.05) is 18.2 Å². The minimum atomic E-state index is 0.154. The summed E-state index contributed by atoms with van der Waals surface area (Å²) in [5.74, 6) is 0. The van der Waals surface area contributed by atoms with Crippen molar-refractivity contribution in [3.05, 3.63) is 29.8 Å². The monoisotopic (exact) mass is 236 g/mol. The fraction of sp³-hybridized carbons (Fsp3) is 0.571. The zero-order valence-electron chi connectivity index (χ0n) is 10.1. The smallest absolute Gasteiger partial charge is 0.192 e. The Morgan fingerprint density at radius 2 is 1.69 bits per heavy atom. The molecule has 0 aromatic heterocycles. The summed E-state index contributed by atoms with van der Waals surface area (Å²) in [4.78, 5) is 0. The van der Waals surface area contributed by atoms with Crippen molar-refractivity contribution < 1.29 is 4.57 Å². The SMILES string of the molecule is CCCCCCCCc1ccccc1P=O. The highest BCUT2D eigenvalue weighted by Crippen LogP contribution is 2.11. The van der Waals surface area contributed by atoms with Gasteiger partial charge in [-0.15, -0.1) is 0 Å². The van der Waals surface area contributed by atoms with Crippen LogP contribution >= 0.6 is 8.46 Å². The van der Waals surface area contributed by atoms with Crippen molar-refractivity contribution >= 4 is 13.8 Å². The Balaban J connectivity index is 2.23. The van der Waals surface area contributed by atoms with E-state index in [0.717, 1.165) is 11.7 Å². The zero-order valence-corrected chi connectivity index (χ0v) is 11.0. The van der Waals surface area contributed by atoms with E-state index >= 15 is 0 Å². The number of rotatable bonds is 8. The van der Waals surface area contributed by atoms with Gasteiger partial charge in [-0.25, -0.2) is 0 Å². The molecule has 16 heavy (non-hydrogen) atoms. The maximum Gasteiger partial charge on any atom is 0.192 e. The summed E-state index contributed by atoms with van der Waals surface area (Å²) in [6, 6.07) is 8.01. The summed E-state index contributed by atoms with van der Waals surface area (Å²) < 4.78 is 10.9. The lowest BCUT2D eigenvalue weighted by Gasteiger charge is -2.03. The van der Waals surface area contributed by atoms with Gasteiger partial charge in [0.15, 0.2) is 8.46 Å². The van der Waals surface area contributed by atoms with Crippen molar-refractivity contribution in [3.8, 4) is 0 Å². The van der Waals surface area contributed by atoms with E-state index in [4.69, 9.17) is 0 Å². The molecular formula is C14H21OP. The van der Waals surface area contributed by atoms with E-state index < -0.39 is 0 Å². The van der Waals surface area contributed by atoms with E-state index in [1.165, 1.54) is 44.1 Å². The van der Waals surface area contributed by atoms with Crippen molar-refractivity contribution in [1.82, 2.24) is 0 Å². The topological polar surface area (TPSA) is 17.1 Å². The molecular weight excluding hydrogens is 215 g/mol. The third kappa shape index (κ3) is 4.90. The number of hydrogen-bond donors (Lipinski definition) is 0. The zero-order chi connectivity index (χ0) is 11.6. The van der Waals surface area contributed by atoms with Crippen LogP contribution in [0.3, 0.4) is 0 Å². The van der Waals surface area contributed by atoms with Crippen LogP contribution in [0.4, 0.5) is 0 Å². The van der Waals surface area contributed by atoms with E-state index in [-0.39, 0.29) is 8.46 Å². The fourth-order valence-corrected chi connectivity index (χ4v) is 2.36. The van der Waals surface area contributed by atoms with Gasteiger partial charge < -0.3 is 0 Å². The quantitative estimate of drug-likeness (QED) is 0.479. The van der Waals surface area contributed by atoms with Crippen molar-refractivity contribution in [2.45, 2.75) is 51.9 Å². The molecule has 0 saturated heterocycles. The van der Waals surface area contributed by atoms with E-state index in [0.29, 0.717) is 0 Å². The molecule has 0 atom stereocenters. The average molecular weight is 236 g/mol. The largest absolute Gasteiger partial charge is 0.269 e. The molecule has 0 radical (unpaired) electrons. The predicted molar refractivity (Wildman–Crippen MR) is 70.8 cm³/mol. The second-order valence-corrected chi connectivity index (χ2v) is 4.90. The third-order valence-corrected chi connectivity index (χ3v) is 3.52. The lowest BCUT2D eigenvalue weighted by Crippen LogP contribution is -2.01. The number of hydrogen-bond acceptors (Lipinski definition) is 1. The van der Waals surface area contributed by atoms with Crippen LogP contribution in [0.25, 0.3) is 0 Å². The Bertz CT molecular complexity index is 309. The Hall–Kier alpha value is -0.680. The van der Waals surface area contributed by atoms with E-state index in [1.54, 1.807) is 0 Å². The average Bonchev–Trinajstić information content (AvgIpc) is 2.34. The first-order chi connectivity index (χ1) is 7.88. The van der Waals surface area contributed by atoms with Crippen LogP contribution in [0.2, 0.25) is 0 Å². The standard InChI is InChI=1S/C14H21OP/c1-2-3-4-5-6-7-10-13-11-8-9-12-14(13)16-15/h8-9,11-12H,2-7,10H2,1H3. The van der Waals surface area contributed by atoms with Gasteiger partial charge >= 0.3 is 0 Å². The molecule has 0 aliphatic heterocycles. The van der Waals surface area contributed by atoms with Gasteiger partial charge in [0.05, 0.1) is 0 Å². The molecule has 1 rings (SSSR count). The molecule has 0 aliphatic rings. The van der Waals surface area contributed by atoms with Crippen LogP contribution in [-0.2, 0) is 11.0 Å². The van der Waals surface area contributed by atoms with Gasteiger partial charge in [-0.1, -0.05) is 57.2 Å². The van der Waals surface area contributed by atoms with Gasteiger partial charge in [0.2, 0.25) is 0 Å². The molecule has 0 fully saturated rings. The van der Waals surface area contributed by atoms with E-state index in [2.05, 4.69) is 13.0 Å². The lowest BCUT2D eigenvalue weighted by molar-refractivity contribution is 0.601. The number of unbranched alkanes of at least 4 members (excludes halogenated alkanes) is 5. The Morgan fingerprint density at radius 3 is 2.44 bits per heavy atom. The van der Waals surface area contributed by atoms with Crippen molar-refractivity contribution in [2.24, 2.45) is 0 Å². The fourth-order valence-electron chi connectivity index (χ4n) is 1.91. The van der Waals surface area contributed by atoms with Gasteiger partial charge in [0.1, 0.15) is 0 Å². The second-order valence-electron chi connectivity index (χ2n) is 4.24. The van der Waals surface area contributed by atoms with Gasteiger partial charge in [-0.3, -0.25) is 4.57 Å². The molecule has 0 bridgehead atoms. The van der Waals surface area contributed by atoms with Gasteiger partial charge in [0.25, 0.3) is 0 Å². The van der Waals surface area contributed by atoms with Crippen molar-refractivity contribution in [2.75, 3.05) is 0 Å². The summed E-state index contributed by atoms with van der Waals surface area (Å²) in [5.41, 5.74) is 1.25. The molecule has 0 saturated carbocycles. The van der Waals surface area contributed by atoms with Gasteiger partial charge in [-0.05, 0) is 24.5 Å². The number of aryl methyl sites for hydroxylation is 1. The molecule has 0 N–H and O–H groups in total. The summed E-state index contributed by atoms with van der Waals surface area (Å²) in [7, 11) is 0.154. The first-order valence-electron chi connectivity index (χ1n) is 6.29. The van der Waals surface area contributed by atoms with Crippen LogP contribution in [-0.4, -0.2) is 0 Å². The molecule has 0 spiro atoms. The normalized spacial score (nSPS) is 10.8. The van der Waals surface area contributed by atoms with Crippen LogP contribution < -0.4 is 5.30 Å².